The van der Waals surface area contributed by atoms with Crippen LogP contribution >= 0.6 is 0 Å². The quantitative estimate of drug-likeness (QED) is 0.854. The van der Waals surface area contributed by atoms with Gasteiger partial charge >= 0.3 is 5.97 Å². The maximum absolute atomic E-state index is 12.7. The van der Waals surface area contributed by atoms with Crippen molar-refractivity contribution in [2.75, 3.05) is 25.5 Å². The summed E-state index contributed by atoms with van der Waals surface area (Å²) < 4.78 is 6.74. The molecule has 2 heterocycles. The van der Waals surface area contributed by atoms with Crippen molar-refractivity contribution in [1.82, 2.24) is 9.47 Å². The first-order chi connectivity index (χ1) is 12.4. The first-order valence-electron chi connectivity index (χ1n) is 9.14. The minimum Gasteiger partial charge on any atom is -0.464 e. The molecule has 26 heavy (non-hydrogen) atoms. The van der Waals surface area contributed by atoms with Crippen molar-refractivity contribution >= 4 is 28.5 Å². The van der Waals surface area contributed by atoms with Crippen LogP contribution in [0, 0.1) is 6.92 Å². The standard InChI is InChI=1S/C20H27N3O3/c1-13-8-7-10-15-17(13)18(19(22(15)3)20(25)26-4)21-16(24)12-23-11-6-5-9-14(23)2/h7-8,10,14H,5-6,9,11-12H2,1-4H3,(H,21,24)/t14-/m1/s1. The van der Waals surface area contributed by atoms with E-state index in [1.807, 2.05) is 32.2 Å². The maximum atomic E-state index is 12.7. The number of methoxy groups -OCH3 is 1. The van der Waals surface area contributed by atoms with Gasteiger partial charge in [-0.05, 0) is 44.9 Å². The second-order valence-corrected chi connectivity index (χ2v) is 7.11. The Hall–Kier alpha value is -2.34. The lowest BCUT2D eigenvalue weighted by atomic mass is 10.0. The van der Waals surface area contributed by atoms with E-state index in [1.54, 1.807) is 4.57 Å². The van der Waals surface area contributed by atoms with Gasteiger partial charge in [-0.1, -0.05) is 18.6 Å². The number of esters is 1. The molecule has 6 nitrogen and oxygen atoms in total. The number of anilines is 1. The summed E-state index contributed by atoms with van der Waals surface area (Å²) in [5.74, 6) is -0.551. The molecule has 1 aromatic heterocycles. The van der Waals surface area contributed by atoms with Crippen LogP contribution in [0.4, 0.5) is 5.69 Å². The molecule has 1 aromatic carbocycles. The van der Waals surface area contributed by atoms with Crippen LogP contribution in [0.15, 0.2) is 18.2 Å². The van der Waals surface area contributed by atoms with Crippen molar-refractivity contribution in [3.8, 4) is 0 Å². The Morgan fingerprint density at radius 1 is 1.31 bits per heavy atom. The monoisotopic (exact) mass is 357 g/mol. The number of carbonyl (C=O) groups excluding carboxylic acids is 2. The predicted molar refractivity (Wildman–Crippen MR) is 103 cm³/mol. The van der Waals surface area contributed by atoms with Gasteiger partial charge in [-0.3, -0.25) is 9.69 Å². The molecule has 2 aromatic rings. The molecule has 1 aliphatic heterocycles. The second-order valence-electron chi connectivity index (χ2n) is 7.11. The Bertz CT molecular complexity index is 840. The maximum Gasteiger partial charge on any atom is 0.356 e. The van der Waals surface area contributed by atoms with Gasteiger partial charge < -0.3 is 14.6 Å². The van der Waals surface area contributed by atoms with Crippen molar-refractivity contribution in [2.45, 2.75) is 39.2 Å². The summed E-state index contributed by atoms with van der Waals surface area (Å²) in [7, 11) is 3.17. The smallest absolute Gasteiger partial charge is 0.356 e. The molecule has 6 heteroatoms. The third kappa shape index (κ3) is 3.33. The Morgan fingerprint density at radius 2 is 2.08 bits per heavy atom. The number of ether oxygens (including phenoxy) is 1. The molecule has 1 atom stereocenters. The third-order valence-electron chi connectivity index (χ3n) is 5.36. The zero-order valence-electron chi connectivity index (χ0n) is 16.0. The Morgan fingerprint density at radius 3 is 2.77 bits per heavy atom. The average Bonchev–Trinajstić information content (AvgIpc) is 2.89. The Kier molecular flexibility index (Phi) is 5.32. The molecule has 0 spiro atoms. The van der Waals surface area contributed by atoms with E-state index in [-0.39, 0.29) is 5.91 Å². The number of benzene rings is 1. The minimum absolute atomic E-state index is 0.0975. The molecule has 3 rings (SSSR count). The van der Waals surface area contributed by atoms with Crippen molar-refractivity contribution in [1.29, 1.82) is 0 Å². The van der Waals surface area contributed by atoms with E-state index in [9.17, 15) is 9.59 Å². The summed E-state index contributed by atoms with van der Waals surface area (Å²) in [4.78, 5) is 27.3. The van der Waals surface area contributed by atoms with Crippen LogP contribution in [0.2, 0.25) is 0 Å². The number of hydrogen-bond acceptors (Lipinski definition) is 4. The normalized spacial score (nSPS) is 18.1. The lowest BCUT2D eigenvalue weighted by Crippen LogP contribution is -2.42. The molecule has 0 aliphatic carbocycles. The van der Waals surface area contributed by atoms with E-state index in [4.69, 9.17) is 4.74 Å². The molecule has 0 radical (unpaired) electrons. The van der Waals surface area contributed by atoms with Gasteiger partial charge in [-0.25, -0.2) is 4.79 Å². The summed E-state index contributed by atoms with van der Waals surface area (Å²) in [5.41, 5.74) is 2.82. The average molecular weight is 357 g/mol. The fraction of sp³-hybridized carbons (Fsp3) is 0.500. The zero-order chi connectivity index (χ0) is 18.8. The fourth-order valence-corrected chi connectivity index (χ4v) is 3.88. The zero-order valence-corrected chi connectivity index (χ0v) is 16.0. The van der Waals surface area contributed by atoms with Gasteiger partial charge in [0.15, 0.2) is 5.69 Å². The molecule has 1 saturated heterocycles. The number of piperidine rings is 1. The number of fused-ring (bicyclic) bond motifs is 1. The van der Waals surface area contributed by atoms with Gasteiger partial charge in [0.2, 0.25) is 5.91 Å². The molecule has 1 fully saturated rings. The number of likely N-dealkylation sites (tertiary alicyclic amines) is 1. The van der Waals surface area contributed by atoms with Gasteiger partial charge in [-0.15, -0.1) is 0 Å². The van der Waals surface area contributed by atoms with E-state index in [0.29, 0.717) is 24.0 Å². The largest absolute Gasteiger partial charge is 0.464 e. The highest BCUT2D eigenvalue weighted by atomic mass is 16.5. The summed E-state index contributed by atoms with van der Waals surface area (Å²) in [5, 5.41) is 3.88. The SMILES string of the molecule is COC(=O)c1c(NC(=O)CN2CCCC[C@H]2C)c2c(C)cccc2n1C. The topological polar surface area (TPSA) is 63.6 Å². The van der Waals surface area contributed by atoms with E-state index in [0.717, 1.165) is 35.9 Å². The number of aromatic nitrogens is 1. The number of carbonyl (C=O) groups is 2. The first kappa shape index (κ1) is 18.5. The summed E-state index contributed by atoms with van der Waals surface area (Å²) in [6.07, 6.45) is 3.46. The van der Waals surface area contributed by atoms with Crippen LogP contribution in [-0.2, 0) is 16.6 Å². The molecular weight excluding hydrogens is 330 g/mol. The Balaban J connectivity index is 1.95. The van der Waals surface area contributed by atoms with Gasteiger partial charge in [0, 0.05) is 18.5 Å². The van der Waals surface area contributed by atoms with Crippen LogP contribution in [0.3, 0.4) is 0 Å². The number of hydrogen-bond donors (Lipinski definition) is 1. The number of nitrogens with one attached hydrogen (secondary N) is 1. The molecule has 1 N–H and O–H groups in total. The molecule has 1 aliphatic rings. The van der Waals surface area contributed by atoms with E-state index in [1.165, 1.54) is 13.5 Å². The molecule has 0 saturated carbocycles. The summed E-state index contributed by atoms with van der Waals surface area (Å²) >= 11 is 0. The molecule has 140 valence electrons. The van der Waals surface area contributed by atoms with Crippen LogP contribution in [0.5, 0.6) is 0 Å². The highest BCUT2D eigenvalue weighted by Gasteiger charge is 2.26. The van der Waals surface area contributed by atoms with Crippen LogP contribution in [0.25, 0.3) is 10.9 Å². The van der Waals surface area contributed by atoms with Gasteiger partial charge in [0.25, 0.3) is 0 Å². The number of aryl methyl sites for hydroxylation is 2. The summed E-state index contributed by atoms with van der Waals surface area (Å²) in [6.45, 7) is 5.41. The fourth-order valence-electron chi connectivity index (χ4n) is 3.88. The molecule has 0 unspecified atom stereocenters. The van der Waals surface area contributed by atoms with Crippen LogP contribution in [-0.4, -0.2) is 47.6 Å². The van der Waals surface area contributed by atoms with Crippen molar-refractivity contribution < 1.29 is 14.3 Å². The Labute approximate surface area is 154 Å². The van der Waals surface area contributed by atoms with Gasteiger partial charge in [0.1, 0.15) is 0 Å². The van der Waals surface area contributed by atoms with E-state index < -0.39 is 5.97 Å². The highest BCUT2D eigenvalue weighted by Crippen LogP contribution is 2.33. The molecular formula is C20H27N3O3. The summed E-state index contributed by atoms with van der Waals surface area (Å²) in [6, 6.07) is 6.27. The van der Waals surface area contributed by atoms with E-state index >= 15 is 0 Å². The lowest BCUT2D eigenvalue weighted by molar-refractivity contribution is -0.118. The first-order valence-corrected chi connectivity index (χ1v) is 9.14. The van der Waals surface area contributed by atoms with Crippen molar-refractivity contribution in [2.24, 2.45) is 7.05 Å². The lowest BCUT2D eigenvalue weighted by Gasteiger charge is -2.32. The number of rotatable bonds is 4. The van der Waals surface area contributed by atoms with Crippen molar-refractivity contribution in [3.05, 3.63) is 29.5 Å². The molecule has 1 amide bonds. The van der Waals surface area contributed by atoms with Crippen molar-refractivity contribution in [3.63, 3.8) is 0 Å². The third-order valence-corrected chi connectivity index (χ3v) is 5.36. The molecule has 0 bridgehead atoms. The second kappa shape index (κ2) is 7.50. The van der Waals surface area contributed by atoms with Crippen LogP contribution < -0.4 is 5.32 Å². The number of amides is 1. The van der Waals surface area contributed by atoms with Crippen LogP contribution in [0.1, 0.15) is 42.2 Å². The predicted octanol–water partition coefficient (Wildman–Crippen LogP) is 3.09. The highest BCUT2D eigenvalue weighted by molar-refractivity contribution is 6.12. The van der Waals surface area contributed by atoms with E-state index in [2.05, 4.69) is 17.1 Å². The minimum atomic E-state index is -0.454. The number of nitrogens with zero attached hydrogens (tertiary/aromatic N) is 2. The van der Waals surface area contributed by atoms with Gasteiger partial charge in [0.05, 0.1) is 24.9 Å². The van der Waals surface area contributed by atoms with Gasteiger partial charge in [-0.2, -0.15) is 0 Å².